The Balaban J connectivity index is 3.06. The van der Waals surface area contributed by atoms with Crippen LogP contribution < -0.4 is 0 Å². The van der Waals surface area contributed by atoms with Crippen molar-refractivity contribution < 1.29 is 5.11 Å². The Morgan fingerprint density at radius 3 is 2.12 bits per heavy atom. The summed E-state index contributed by atoms with van der Waals surface area (Å²) in [6.45, 7) is 9.77. The van der Waals surface area contributed by atoms with Gasteiger partial charge in [0.1, 0.15) is 0 Å². The van der Waals surface area contributed by atoms with Crippen LogP contribution in [-0.2, 0) is 13.5 Å². The number of aliphatic hydroxyl groups is 1. The zero-order valence-corrected chi connectivity index (χ0v) is 11.7. The number of aromatic nitrogens is 2. The first kappa shape index (κ1) is 13.5. The van der Waals surface area contributed by atoms with E-state index in [0.29, 0.717) is 11.4 Å². The lowest BCUT2D eigenvalue weighted by Crippen LogP contribution is -2.42. The largest absolute Gasteiger partial charge is 0.389 e. The molecule has 3 nitrogen and oxygen atoms in total. The minimum atomic E-state index is -0.809. The molecule has 0 saturated heterocycles. The third kappa shape index (κ3) is 2.41. The number of hydrogen-bond donors (Lipinski definition) is 1. The monoisotopic (exact) mass is 244 g/mol. The second-order valence-electron chi connectivity index (χ2n) is 5.67. The third-order valence-corrected chi connectivity index (χ3v) is 3.88. The van der Waals surface area contributed by atoms with Crippen LogP contribution >= 0.6 is 11.6 Å². The summed E-state index contributed by atoms with van der Waals surface area (Å²) >= 11 is 6.18. The molecule has 0 aliphatic rings. The summed E-state index contributed by atoms with van der Waals surface area (Å²) in [6.07, 6.45) is 0.507. The molecule has 1 aromatic heterocycles. The Kier molecular flexibility index (Phi) is 3.42. The summed E-state index contributed by atoms with van der Waals surface area (Å²) in [6, 6.07) is 0. The van der Waals surface area contributed by atoms with Crippen molar-refractivity contribution in [3.8, 4) is 0 Å². The SMILES string of the molecule is Cc1nn(C)c(CC(C)(O)C(C)(C)C)c1Cl. The smallest absolute Gasteiger partial charge is 0.0848 e. The summed E-state index contributed by atoms with van der Waals surface area (Å²) in [5.41, 5.74) is 0.689. The molecule has 1 N–H and O–H groups in total. The quantitative estimate of drug-likeness (QED) is 0.869. The van der Waals surface area contributed by atoms with Crippen LogP contribution in [0, 0.1) is 12.3 Å². The summed E-state index contributed by atoms with van der Waals surface area (Å²) in [7, 11) is 1.85. The predicted molar refractivity (Wildman–Crippen MR) is 66.7 cm³/mol. The number of nitrogens with zero attached hydrogens (tertiary/aromatic N) is 2. The van der Waals surface area contributed by atoms with Crippen molar-refractivity contribution in [3.05, 3.63) is 16.4 Å². The zero-order valence-electron chi connectivity index (χ0n) is 10.9. The van der Waals surface area contributed by atoms with Crippen LogP contribution in [0.4, 0.5) is 0 Å². The van der Waals surface area contributed by atoms with Crippen LogP contribution in [-0.4, -0.2) is 20.5 Å². The molecule has 0 fully saturated rings. The average molecular weight is 245 g/mol. The van der Waals surface area contributed by atoms with Gasteiger partial charge in [0.25, 0.3) is 0 Å². The lowest BCUT2D eigenvalue weighted by atomic mass is 9.75. The maximum atomic E-state index is 10.5. The fraction of sp³-hybridized carbons (Fsp3) is 0.750. The van der Waals surface area contributed by atoms with Crippen LogP contribution in [0.3, 0.4) is 0 Å². The van der Waals surface area contributed by atoms with Crippen molar-refractivity contribution in [1.29, 1.82) is 0 Å². The highest BCUT2D eigenvalue weighted by Crippen LogP contribution is 2.34. The fourth-order valence-corrected chi connectivity index (χ4v) is 1.69. The summed E-state index contributed by atoms with van der Waals surface area (Å²) < 4.78 is 1.75. The van der Waals surface area contributed by atoms with Crippen LogP contribution in [0.15, 0.2) is 0 Å². The van der Waals surface area contributed by atoms with Gasteiger partial charge in [-0.25, -0.2) is 0 Å². The first-order valence-electron chi connectivity index (χ1n) is 5.46. The third-order valence-electron chi connectivity index (χ3n) is 3.39. The van der Waals surface area contributed by atoms with Gasteiger partial charge in [-0.05, 0) is 19.3 Å². The van der Waals surface area contributed by atoms with E-state index in [1.165, 1.54) is 0 Å². The zero-order chi connectivity index (χ0) is 12.7. The molecule has 0 amide bonds. The Bertz CT molecular complexity index is 388. The highest BCUT2D eigenvalue weighted by atomic mass is 35.5. The molecule has 0 bridgehead atoms. The van der Waals surface area contributed by atoms with Crippen LogP contribution in [0.1, 0.15) is 39.1 Å². The van der Waals surface area contributed by atoms with Crippen molar-refractivity contribution in [2.45, 2.75) is 46.6 Å². The summed E-state index contributed by atoms with van der Waals surface area (Å²) in [5, 5.41) is 15.4. The molecule has 1 atom stereocenters. The summed E-state index contributed by atoms with van der Waals surface area (Å²) in [5.74, 6) is 0. The van der Waals surface area contributed by atoms with E-state index in [2.05, 4.69) is 5.10 Å². The van der Waals surface area contributed by atoms with Crippen LogP contribution in [0.2, 0.25) is 5.02 Å². The van der Waals surface area contributed by atoms with Crippen molar-refractivity contribution in [1.82, 2.24) is 9.78 Å². The Morgan fingerprint density at radius 2 is 1.81 bits per heavy atom. The first-order valence-corrected chi connectivity index (χ1v) is 5.84. The van der Waals surface area contributed by atoms with Gasteiger partial charge in [-0.15, -0.1) is 0 Å². The van der Waals surface area contributed by atoms with Gasteiger partial charge < -0.3 is 5.11 Å². The second kappa shape index (κ2) is 4.04. The highest BCUT2D eigenvalue weighted by molar-refractivity contribution is 6.31. The molecular weight excluding hydrogens is 224 g/mol. The van der Waals surface area contributed by atoms with Crippen molar-refractivity contribution in [3.63, 3.8) is 0 Å². The standard InChI is InChI=1S/C12H21ClN2O/c1-8-10(13)9(15(6)14-8)7-12(5,16)11(2,3)4/h16H,7H2,1-6H3. The fourth-order valence-electron chi connectivity index (χ4n) is 1.46. The normalized spacial score (nSPS) is 16.2. The minimum Gasteiger partial charge on any atom is -0.389 e. The van der Waals surface area contributed by atoms with Crippen LogP contribution in [0.25, 0.3) is 0 Å². The predicted octanol–water partition coefficient (Wildman–Crippen LogP) is 2.72. The molecular formula is C12H21ClN2O. The molecule has 1 unspecified atom stereocenters. The number of hydrogen-bond acceptors (Lipinski definition) is 2. The number of halogens is 1. The maximum absolute atomic E-state index is 10.5. The van der Waals surface area contributed by atoms with Crippen molar-refractivity contribution in [2.24, 2.45) is 12.5 Å². The number of rotatable bonds is 2. The van der Waals surface area contributed by atoms with E-state index in [1.807, 2.05) is 41.7 Å². The molecule has 1 rings (SSSR count). The highest BCUT2D eigenvalue weighted by Gasteiger charge is 2.36. The second-order valence-corrected chi connectivity index (χ2v) is 6.05. The molecule has 0 aliphatic carbocycles. The van der Waals surface area contributed by atoms with E-state index in [1.54, 1.807) is 4.68 Å². The molecule has 0 aliphatic heterocycles. The molecule has 92 valence electrons. The van der Waals surface area contributed by atoms with Gasteiger partial charge in [0.05, 0.1) is 22.0 Å². The van der Waals surface area contributed by atoms with Gasteiger partial charge in [0, 0.05) is 13.5 Å². The van der Waals surface area contributed by atoms with E-state index in [-0.39, 0.29) is 5.41 Å². The Labute approximate surface area is 102 Å². The topological polar surface area (TPSA) is 38.0 Å². The molecule has 0 radical (unpaired) electrons. The first-order chi connectivity index (χ1) is 7.06. The molecule has 0 spiro atoms. The van der Waals surface area contributed by atoms with Gasteiger partial charge in [-0.2, -0.15) is 5.10 Å². The Hall–Kier alpha value is -0.540. The van der Waals surface area contributed by atoms with Crippen LogP contribution in [0.5, 0.6) is 0 Å². The van der Waals surface area contributed by atoms with E-state index in [4.69, 9.17) is 11.6 Å². The van der Waals surface area contributed by atoms with Gasteiger partial charge in [-0.3, -0.25) is 4.68 Å². The van der Waals surface area contributed by atoms with E-state index < -0.39 is 5.60 Å². The van der Waals surface area contributed by atoms with Gasteiger partial charge in [-0.1, -0.05) is 32.4 Å². The maximum Gasteiger partial charge on any atom is 0.0848 e. The summed E-state index contributed by atoms with van der Waals surface area (Å²) in [4.78, 5) is 0. The lowest BCUT2D eigenvalue weighted by Gasteiger charge is -2.37. The number of aryl methyl sites for hydroxylation is 2. The van der Waals surface area contributed by atoms with E-state index >= 15 is 0 Å². The van der Waals surface area contributed by atoms with E-state index in [9.17, 15) is 5.11 Å². The van der Waals surface area contributed by atoms with E-state index in [0.717, 1.165) is 11.4 Å². The van der Waals surface area contributed by atoms with Crippen molar-refractivity contribution in [2.75, 3.05) is 0 Å². The molecule has 0 aromatic carbocycles. The van der Waals surface area contributed by atoms with Crippen molar-refractivity contribution >= 4 is 11.6 Å². The molecule has 1 aromatic rings. The van der Waals surface area contributed by atoms with Gasteiger partial charge >= 0.3 is 0 Å². The van der Waals surface area contributed by atoms with Gasteiger partial charge in [0.2, 0.25) is 0 Å². The Morgan fingerprint density at radius 1 is 1.31 bits per heavy atom. The minimum absolute atomic E-state index is 0.200. The molecule has 1 heterocycles. The average Bonchev–Trinajstić information content (AvgIpc) is 2.30. The molecule has 16 heavy (non-hydrogen) atoms. The lowest BCUT2D eigenvalue weighted by molar-refractivity contribution is -0.0418. The molecule has 4 heteroatoms. The van der Waals surface area contributed by atoms with Gasteiger partial charge in [0.15, 0.2) is 0 Å². The molecule has 0 saturated carbocycles.